The summed E-state index contributed by atoms with van der Waals surface area (Å²) in [4.78, 5) is 0. The van der Waals surface area contributed by atoms with Crippen molar-refractivity contribution in [1.29, 1.82) is 0 Å². The molecule has 0 amide bonds. The van der Waals surface area contributed by atoms with Crippen LogP contribution >= 0.6 is 11.6 Å². The fourth-order valence-electron chi connectivity index (χ4n) is 2.74. The molecule has 122 valence electrons. The van der Waals surface area contributed by atoms with Crippen LogP contribution in [0.25, 0.3) is 0 Å². The van der Waals surface area contributed by atoms with E-state index in [9.17, 15) is 8.42 Å². The van der Waals surface area contributed by atoms with Crippen molar-refractivity contribution in [3.8, 4) is 5.75 Å². The maximum atomic E-state index is 12.8. The summed E-state index contributed by atoms with van der Waals surface area (Å²) in [6.07, 6.45) is 0. The summed E-state index contributed by atoms with van der Waals surface area (Å²) in [5.74, 6) is 0.529. The topological polar surface area (TPSA) is 49.9 Å². The van der Waals surface area contributed by atoms with E-state index >= 15 is 0 Å². The molecular formula is C16H17ClN2O3S. The minimum atomic E-state index is -3.60. The average Bonchev–Trinajstić information content (AvgIpc) is 2.76. The number of halogens is 1. The molecule has 5 nitrogen and oxygen atoms in total. The van der Waals surface area contributed by atoms with E-state index in [4.69, 9.17) is 16.3 Å². The number of para-hydroxylation sites is 2. The van der Waals surface area contributed by atoms with E-state index in [0.29, 0.717) is 34.3 Å². The first-order valence-corrected chi connectivity index (χ1v) is 8.99. The molecule has 7 heteroatoms. The highest BCUT2D eigenvalue weighted by molar-refractivity contribution is 7.94. The van der Waals surface area contributed by atoms with Crippen molar-refractivity contribution in [3.05, 3.63) is 53.1 Å². The van der Waals surface area contributed by atoms with Gasteiger partial charge in [0.1, 0.15) is 5.75 Å². The van der Waals surface area contributed by atoms with Gasteiger partial charge < -0.3 is 4.74 Å². The van der Waals surface area contributed by atoms with Gasteiger partial charge in [-0.2, -0.15) is 8.42 Å². The summed E-state index contributed by atoms with van der Waals surface area (Å²) in [7, 11) is -2.07. The Labute approximate surface area is 141 Å². The maximum absolute atomic E-state index is 12.8. The van der Waals surface area contributed by atoms with Crippen LogP contribution < -0.4 is 13.3 Å². The van der Waals surface area contributed by atoms with Gasteiger partial charge in [0.15, 0.2) is 0 Å². The van der Waals surface area contributed by atoms with Crippen molar-refractivity contribution in [1.82, 2.24) is 0 Å². The van der Waals surface area contributed by atoms with Gasteiger partial charge in [0.05, 0.1) is 30.1 Å². The summed E-state index contributed by atoms with van der Waals surface area (Å²) in [6.45, 7) is 2.35. The van der Waals surface area contributed by atoms with E-state index in [-0.39, 0.29) is 6.54 Å². The van der Waals surface area contributed by atoms with Crippen LogP contribution in [0.2, 0.25) is 5.02 Å². The first-order valence-electron chi connectivity index (χ1n) is 7.21. The van der Waals surface area contributed by atoms with E-state index in [1.807, 2.05) is 25.1 Å². The number of methoxy groups -OCH3 is 1. The van der Waals surface area contributed by atoms with Crippen LogP contribution in [-0.2, 0) is 16.8 Å². The van der Waals surface area contributed by atoms with E-state index in [2.05, 4.69) is 0 Å². The Morgan fingerprint density at radius 2 is 1.70 bits per heavy atom. The van der Waals surface area contributed by atoms with Crippen LogP contribution in [0.3, 0.4) is 0 Å². The third-order valence-electron chi connectivity index (χ3n) is 3.84. The monoisotopic (exact) mass is 352 g/mol. The molecule has 23 heavy (non-hydrogen) atoms. The lowest BCUT2D eigenvalue weighted by molar-refractivity contribution is 0.414. The number of ether oxygens (including phenoxy) is 1. The number of benzene rings is 2. The number of rotatable bonds is 4. The molecule has 0 saturated carbocycles. The van der Waals surface area contributed by atoms with Crippen molar-refractivity contribution < 1.29 is 13.2 Å². The Bertz CT molecular complexity index is 839. The summed E-state index contributed by atoms with van der Waals surface area (Å²) in [6, 6.07) is 12.6. The molecule has 0 spiro atoms. The van der Waals surface area contributed by atoms with Crippen LogP contribution in [0.4, 0.5) is 11.4 Å². The number of anilines is 2. The van der Waals surface area contributed by atoms with Gasteiger partial charge in [-0.15, -0.1) is 0 Å². The lowest BCUT2D eigenvalue weighted by Crippen LogP contribution is -2.37. The van der Waals surface area contributed by atoms with Gasteiger partial charge in [0, 0.05) is 6.54 Å². The smallest absolute Gasteiger partial charge is 0.326 e. The summed E-state index contributed by atoms with van der Waals surface area (Å²) < 4.78 is 33.6. The van der Waals surface area contributed by atoms with Crippen molar-refractivity contribution in [2.75, 3.05) is 22.3 Å². The summed E-state index contributed by atoms with van der Waals surface area (Å²) in [5, 5.41) is 0.428. The molecule has 1 heterocycles. The predicted octanol–water partition coefficient (Wildman–Crippen LogP) is 3.44. The maximum Gasteiger partial charge on any atom is 0.326 e. The van der Waals surface area contributed by atoms with Crippen LogP contribution in [0.15, 0.2) is 42.5 Å². The van der Waals surface area contributed by atoms with Gasteiger partial charge in [0.2, 0.25) is 0 Å². The number of hydrogen-bond acceptors (Lipinski definition) is 3. The van der Waals surface area contributed by atoms with Crippen LogP contribution in [0.1, 0.15) is 12.5 Å². The molecule has 1 aliphatic rings. The molecule has 2 aromatic rings. The first-order chi connectivity index (χ1) is 11.0. The molecule has 0 aromatic heterocycles. The molecule has 0 radical (unpaired) electrons. The normalized spacial score (nSPS) is 15.6. The zero-order chi connectivity index (χ0) is 16.6. The highest BCUT2D eigenvalue weighted by Gasteiger charge is 2.39. The summed E-state index contributed by atoms with van der Waals surface area (Å²) in [5.41, 5.74) is 2.05. The van der Waals surface area contributed by atoms with E-state index in [1.165, 1.54) is 15.7 Å². The minimum absolute atomic E-state index is 0.159. The standard InChI is InChI=1S/C16H17ClN2O3S/c1-3-18-13-8-4-5-9-14(13)19(23(18,20)21)11-12-7-6-10-15(22-2)16(12)17/h4-10H,3,11H2,1-2H3. The fraction of sp³-hybridized carbons (Fsp3) is 0.250. The SMILES string of the molecule is CCN1c2ccccc2N(Cc2cccc(OC)c2Cl)S1(=O)=O. The zero-order valence-corrected chi connectivity index (χ0v) is 14.4. The number of fused-ring (bicyclic) bond motifs is 1. The van der Waals surface area contributed by atoms with Gasteiger partial charge in [-0.1, -0.05) is 35.9 Å². The predicted molar refractivity (Wildman–Crippen MR) is 92.6 cm³/mol. The first kappa shape index (κ1) is 16.0. The lowest BCUT2D eigenvalue weighted by Gasteiger charge is -2.21. The second-order valence-electron chi connectivity index (χ2n) is 5.10. The molecule has 2 aromatic carbocycles. The number of nitrogens with zero attached hydrogens (tertiary/aromatic N) is 2. The van der Waals surface area contributed by atoms with Crippen molar-refractivity contribution in [2.45, 2.75) is 13.5 Å². The Balaban J connectivity index is 2.07. The van der Waals surface area contributed by atoms with Gasteiger partial charge >= 0.3 is 10.2 Å². The Morgan fingerprint density at radius 1 is 1.04 bits per heavy atom. The Kier molecular flexibility index (Phi) is 4.12. The van der Waals surface area contributed by atoms with Crippen LogP contribution in [0.5, 0.6) is 5.75 Å². The molecule has 0 fully saturated rings. The second kappa shape index (κ2) is 5.94. The molecule has 0 N–H and O–H groups in total. The van der Waals surface area contributed by atoms with Gasteiger partial charge in [0.25, 0.3) is 0 Å². The molecule has 0 saturated heterocycles. The Hall–Kier alpha value is -1.92. The zero-order valence-electron chi connectivity index (χ0n) is 12.9. The third kappa shape index (κ3) is 2.52. The van der Waals surface area contributed by atoms with Crippen LogP contribution in [-0.4, -0.2) is 22.1 Å². The highest BCUT2D eigenvalue weighted by Crippen LogP contribution is 2.42. The summed E-state index contributed by atoms with van der Waals surface area (Å²) >= 11 is 6.32. The molecule has 0 unspecified atom stereocenters. The second-order valence-corrected chi connectivity index (χ2v) is 7.26. The lowest BCUT2D eigenvalue weighted by atomic mass is 10.2. The van der Waals surface area contributed by atoms with Crippen molar-refractivity contribution >= 4 is 33.2 Å². The van der Waals surface area contributed by atoms with E-state index in [0.717, 1.165) is 0 Å². The average molecular weight is 353 g/mol. The van der Waals surface area contributed by atoms with E-state index < -0.39 is 10.2 Å². The molecule has 0 bridgehead atoms. The fourth-order valence-corrected chi connectivity index (χ4v) is 4.68. The van der Waals surface area contributed by atoms with Gasteiger partial charge in [-0.05, 0) is 30.7 Å². The van der Waals surface area contributed by atoms with Gasteiger partial charge in [-0.25, -0.2) is 4.31 Å². The van der Waals surface area contributed by atoms with Gasteiger partial charge in [-0.3, -0.25) is 4.31 Å². The molecule has 3 rings (SSSR count). The molecule has 0 aliphatic carbocycles. The quantitative estimate of drug-likeness (QED) is 0.847. The highest BCUT2D eigenvalue weighted by atomic mass is 35.5. The van der Waals surface area contributed by atoms with Crippen molar-refractivity contribution in [3.63, 3.8) is 0 Å². The molecule has 1 aliphatic heterocycles. The third-order valence-corrected chi connectivity index (χ3v) is 6.16. The molecule has 0 atom stereocenters. The van der Waals surface area contributed by atoms with Crippen molar-refractivity contribution in [2.24, 2.45) is 0 Å². The van der Waals surface area contributed by atoms with E-state index in [1.54, 1.807) is 24.3 Å². The minimum Gasteiger partial charge on any atom is -0.495 e. The van der Waals surface area contributed by atoms with Crippen LogP contribution in [0, 0.1) is 0 Å². The number of hydrogen-bond donors (Lipinski definition) is 0. The Morgan fingerprint density at radius 3 is 2.30 bits per heavy atom. The largest absolute Gasteiger partial charge is 0.495 e. The molecular weight excluding hydrogens is 336 g/mol.